The lowest BCUT2D eigenvalue weighted by molar-refractivity contribution is -0.141. The Morgan fingerprint density at radius 2 is 1.81 bits per heavy atom. The zero-order valence-electron chi connectivity index (χ0n) is 11.4. The van der Waals surface area contributed by atoms with Gasteiger partial charge in [0.15, 0.2) is 0 Å². The maximum absolute atomic E-state index is 12.8. The van der Waals surface area contributed by atoms with E-state index < -0.39 is 11.9 Å². The molecule has 0 spiro atoms. The van der Waals surface area contributed by atoms with Crippen LogP contribution in [0.4, 0.5) is 13.2 Å². The van der Waals surface area contributed by atoms with Gasteiger partial charge in [0, 0.05) is 0 Å². The minimum Gasteiger partial charge on any atom is -0.474 e. The van der Waals surface area contributed by atoms with Crippen LogP contribution in [0.1, 0.15) is 49.8 Å². The largest absolute Gasteiger partial charge is 0.474 e. The first-order valence-corrected chi connectivity index (χ1v) is 7.33. The Kier molecular flexibility index (Phi) is 5.03. The lowest BCUT2D eigenvalue weighted by Gasteiger charge is -2.19. The average Bonchev–Trinajstić information content (AvgIpc) is 2.66. The van der Waals surface area contributed by atoms with E-state index in [1.807, 2.05) is 0 Å². The number of thiocarbonyl (C=S) groups is 1. The van der Waals surface area contributed by atoms with Gasteiger partial charge < -0.3 is 10.5 Å². The highest BCUT2D eigenvalue weighted by Crippen LogP contribution is 2.31. The molecule has 1 aliphatic carbocycles. The maximum Gasteiger partial charge on any atom is 0.433 e. The van der Waals surface area contributed by atoms with Crippen molar-refractivity contribution in [1.82, 2.24) is 4.98 Å². The summed E-state index contributed by atoms with van der Waals surface area (Å²) in [7, 11) is 0. The van der Waals surface area contributed by atoms with Crippen LogP contribution in [0.2, 0.25) is 0 Å². The summed E-state index contributed by atoms with van der Waals surface area (Å²) in [6.45, 7) is 0. The molecule has 0 unspecified atom stereocenters. The van der Waals surface area contributed by atoms with Crippen molar-refractivity contribution >= 4 is 17.2 Å². The fraction of sp³-hybridized carbons (Fsp3) is 0.571. The second kappa shape index (κ2) is 6.60. The molecular weight excluding hydrogens is 301 g/mol. The highest BCUT2D eigenvalue weighted by atomic mass is 32.1. The number of pyridine rings is 1. The minimum atomic E-state index is -4.52. The van der Waals surface area contributed by atoms with Gasteiger partial charge in [-0.2, -0.15) is 13.2 Å². The molecule has 1 aromatic rings. The number of ether oxygens (including phenoxy) is 1. The Bertz CT molecular complexity index is 511. The zero-order valence-corrected chi connectivity index (χ0v) is 12.3. The SMILES string of the molecule is NC(=S)c1ccc(C(F)(F)F)nc1OC1CCCCCC1. The molecule has 2 rings (SSSR count). The summed E-state index contributed by atoms with van der Waals surface area (Å²) in [6.07, 6.45) is 1.24. The van der Waals surface area contributed by atoms with Crippen LogP contribution in [-0.4, -0.2) is 16.1 Å². The van der Waals surface area contributed by atoms with Crippen LogP contribution in [0, 0.1) is 0 Å². The van der Waals surface area contributed by atoms with Gasteiger partial charge in [-0.1, -0.05) is 25.1 Å². The summed E-state index contributed by atoms with van der Waals surface area (Å²) in [5.41, 5.74) is 4.80. The van der Waals surface area contributed by atoms with Crippen molar-refractivity contribution in [2.45, 2.75) is 50.8 Å². The molecule has 0 aromatic carbocycles. The zero-order chi connectivity index (χ0) is 15.5. The highest BCUT2D eigenvalue weighted by molar-refractivity contribution is 7.80. The molecule has 0 amide bonds. The average molecular weight is 318 g/mol. The number of hydrogen-bond acceptors (Lipinski definition) is 3. The molecule has 0 atom stereocenters. The standard InChI is InChI=1S/C14H17F3N2OS/c15-14(16,17)11-8-7-10(12(18)21)13(19-11)20-9-5-3-1-2-4-6-9/h7-9H,1-6H2,(H2,18,21). The van der Waals surface area contributed by atoms with Crippen LogP contribution in [-0.2, 0) is 6.18 Å². The van der Waals surface area contributed by atoms with Crippen LogP contribution >= 0.6 is 12.2 Å². The topological polar surface area (TPSA) is 48.1 Å². The first kappa shape index (κ1) is 16.0. The van der Waals surface area contributed by atoms with Gasteiger partial charge in [0.25, 0.3) is 0 Å². The van der Waals surface area contributed by atoms with Crippen LogP contribution in [0.25, 0.3) is 0 Å². The molecule has 1 aromatic heterocycles. The van der Waals surface area contributed by atoms with Gasteiger partial charge in [0.1, 0.15) is 16.8 Å². The van der Waals surface area contributed by atoms with Gasteiger partial charge in [-0.05, 0) is 37.8 Å². The molecule has 1 aliphatic rings. The Morgan fingerprint density at radius 3 is 2.33 bits per heavy atom. The quantitative estimate of drug-likeness (QED) is 0.679. The van der Waals surface area contributed by atoms with Crippen molar-refractivity contribution in [3.05, 3.63) is 23.4 Å². The second-order valence-corrected chi connectivity index (χ2v) is 5.58. The van der Waals surface area contributed by atoms with Gasteiger partial charge >= 0.3 is 6.18 Å². The lowest BCUT2D eigenvalue weighted by atomic mass is 10.1. The Hall–Kier alpha value is -1.37. The van der Waals surface area contributed by atoms with Crippen molar-refractivity contribution in [2.24, 2.45) is 5.73 Å². The van der Waals surface area contributed by atoms with E-state index in [1.165, 1.54) is 6.07 Å². The van der Waals surface area contributed by atoms with Gasteiger partial charge in [-0.15, -0.1) is 0 Å². The van der Waals surface area contributed by atoms with E-state index in [4.69, 9.17) is 22.7 Å². The van der Waals surface area contributed by atoms with E-state index in [-0.39, 0.29) is 22.5 Å². The highest BCUT2D eigenvalue weighted by Gasteiger charge is 2.33. The van der Waals surface area contributed by atoms with Crippen molar-refractivity contribution in [3.63, 3.8) is 0 Å². The molecule has 1 fully saturated rings. The van der Waals surface area contributed by atoms with Crippen molar-refractivity contribution in [3.8, 4) is 5.88 Å². The molecule has 21 heavy (non-hydrogen) atoms. The second-order valence-electron chi connectivity index (χ2n) is 5.14. The molecule has 7 heteroatoms. The predicted octanol–water partition coefficient (Wildman–Crippen LogP) is 3.84. The summed E-state index contributed by atoms with van der Waals surface area (Å²) in [5.74, 6) is -0.107. The monoisotopic (exact) mass is 318 g/mol. The summed E-state index contributed by atoms with van der Waals surface area (Å²) < 4.78 is 44.0. The molecular formula is C14H17F3N2OS. The van der Waals surface area contributed by atoms with Crippen LogP contribution < -0.4 is 10.5 Å². The Balaban J connectivity index is 2.27. The number of nitrogens with two attached hydrogens (primary N) is 1. The lowest BCUT2D eigenvalue weighted by Crippen LogP contribution is -2.21. The first-order valence-electron chi connectivity index (χ1n) is 6.92. The first-order chi connectivity index (χ1) is 9.88. The molecule has 1 heterocycles. The molecule has 0 bridgehead atoms. The van der Waals surface area contributed by atoms with E-state index in [9.17, 15) is 13.2 Å². The number of hydrogen-bond donors (Lipinski definition) is 1. The van der Waals surface area contributed by atoms with E-state index >= 15 is 0 Å². The van der Waals surface area contributed by atoms with Crippen LogP contribution in [0.15, 0.2) is 12.1 Å². The van der Waals surface area contributed by atoms with Crippen LogP contribution in [0.5, 0.6) is 5.88 Å². The molecule has 3 nitrogen and oxygen atoms in total. The molecule has 1 saturated carbocycles. The summed E-state index contributed by atoms with van der Waals surface area (Å²) >= 11 is 4.86. The van der Waals surface area contributed by atoms with Crippen molar-refractivity contribution in [2.75, 3.05) is 0 Å². The summed E-state index contributed by atoms with van der Waals surface area (Å²) in [4.78, 5) is 3.56. The van der Waals surface area contributed by atoms with Gasteiger partial charge in [-0.25, -0.2) is 4.98 Å². The number of aromatic nitrogens is 1. The van der Waals surface area contributed by atoms with Gasteiger partial charge in [0.2, 0.25) is 5.88 Å². The molecule has 0 saturated heterocycles. The number of rotatable bonds is 3. The van der Waals surface area contributed by atoms with E-state index in [1.54, 1.807) is 0 Å². The van der Waals surface area contributed by atoms with Gasteiger partial charge in [0.05, 0.1) is 5.56 Å². The number of halogens is 3. The molecule has 0 aliphatic heterocycles. The third kappa shape index (κ3) is 4.30. The fourth-order valence-electron chi connectivity index (χ4n) is 2.39. The number of nitrogens with zero attached hydrogens (tertiary/aromatic N) is 1. The normalized spacial score (nSPS) is 17.3. The minimum absolute atomic E-state index is 0.0140. The van der Waals surface area contributed by atoms with Gasteiger partial charge in [-0.3, -0.25) is 0 Å². The van der Waals surface area contributed by atoms with E-state index in [0.717, 1.165) is 44.6 Å². The van der Waals surface area contributed by atoms with E-state index in [0.29, 0.717) is 0 Å². The predicted molar refractivity (Wildman–Crippen MR) is 77.2 cm³/mol. The number of alkyl halides is 3. The van der Waals surface area contributed by atoms with Crippen molar-refractivity contribution < 1.29 is 17.9 Å². The third-order valence-corrected chi connectivity index (χ3v) is 3.72. The molecule has 0 radical (unpaired) electrons. The Morgan fingerprint density at radius 1 is 1.19 bits per heavy atom. The third-order valence-electron chi connectivity index (χ3n) is 3.50. The summed E-state index contributed by atoms with van der Waals surface area (Å²) in [5, 5.41) is 0. The maximum atomic E-state index is 12.8. The fourth-order valence-corrected chi connectivity index (χ4v) is 2.55. The Labute approximate surface area is 126 Å². The molecule has 2 N–H and O–H groups in total. The van der Waals surface area contributed by atoms with Crippen molar-refractivity contribution in [1.29, 1.82) is 0 Å². The molecule has 116 valence electrons. The smallest absolute Gasteiger partial charge is 0.433 e. The summed E-state index contributed by atoms with van der Waals surface area (Å²) in [6, 6.07) is 2.10. The van der Waals surface area contributed by atoms with E-state index in [2.05, 4.69) is 4.98 Å². The van der Waals surface area contributed by atoms with Crippen LogP contribution in [0.3, 0.4) is 0 Å².